The minimum absolute atomic E-state index is 0.211. The lowest BCUT2D eigenvalue weighted by atomic mass is 10.2. The van der Waals surface area contributed by atoms with E-state index in [9.17, 15) is 9.59 Å². The van der Waals surface area contributed by atoms with Gasteiger partial charge >= 0.3 is 0 Å². The van der Waals surface area contributed by atoms with E-state index in [-0.39, 0.29) is 11.5 Å². The molecular weight excluding hydrogens is 344 g/mol. The lowest BCUT2D eigenvalue weighted by Crippen LogP contribution is -2.23. The smallest absolute Gasteiger partial charge is 0.265 e. The van der Waals surface area contributed by atoms with Crippen LogP contribution in [0.1, 0.15) is 12.8 Å². The fraction of sp³-hybridized carbons (Fsp3) is 0.200. The molecule has 0 aliphatic rings. The molecule has 0 atom stereocenters. The van der Waals surface area contributed by atoms with Gasteiger partial charge in [0.05, 0.1) is 23.7 Å². The molecule has 0 radical (unpaired) electrons. The molecular formula is C20H20N4O3. The number of fused-ring (bicyclic) bond motifs is 1. The summed E-state index contributed by atoms with van der Waals surface area (Å²) in [6.45, 7) is 1.10. The number of pyridine rings is 1. The quantitative estimate of drug-likeness (QED) is 0.489. The van der Waals surface area contributed by atoms with Crippen molar-refractivity contribution in [1.82, 2.24) is 19.9 Å². The minimum atomic E-state index is -0.261. The third-order valence-corrected chi connectivity index (χ3v) is 3.85. The van der Waals surface area contributed by atoms with Gasteiger partial charge in [-0.3, -0.25) is 19.1 Å². The van der Waals surface area contributed by atoms with Gasteiger partial charge in [0.1, 0.15) is 12.1 Å². The van der Waals surface area contributed by atoms with Gasteiger partial charge in [-0.2, -0.15) is 0 Å². The van der Waals surface area contributed by atoms with Crippen LogP contribution < -0.4 is 15.6 Å². The van der Waals surface area contributed by atoms with E-state index in [4.69, 9.17) is 4.74 Å². The van der Waals surface area contributed by atoms with E-state index in [1.54, 1.807) is 30.6 Å². The molecule has 7 heteroatoms. The third kappa shape index (κ3) is 5.24. The highest BCUT2D eigenvalue weighted by Gasteiger charge is 2.01. The number of rotatable bonds is 8. The van der Waals surface area contributed by atoms with Crippen LogP contribution in [0.3, 0.4) is 0 Å². The van der Waals surface area contributed by atoms with Crippen molar-refractivity contribution >= 4 is 23.0 Å². The Morgan fingerprint density at radius 1 is 1.19 bits per heavy atom. The topological polar surface area (TPSA) is 86.1 Å². The molecule has 0 fully saturated rings. The average Bonchev–Trinajstić information content (AvgIpc) is 2.71. The second-order valence-electron chi connectivity index (χ2n) is 5.83. The highest BCUT2D eigenvalue weighted by Crippen LogP contribution is 2.06. The monoisotopic (exact) mass is 364 g/mol. The number of benzene rings is 1. The fourth-order valence-corrected chi connectivity index (χ4v) is 2.46. The van der Waals surface area contributed by atoms with E-state index in [1.807, 2.05) is 18.2 Å². The van der Waals surface area contributed by atoms with Gasteiger partial charge in [0.2, 0.25) is 5.91 Å². The zero-order valence-corrected chi connectivity index (χ0v) is 14.7. The normalized spacial score (nSPS) is 11.0. The van der Waals surface area contributed by atoms with Gasteiger partial charge in [-0.25, -0.2) is 4.98 Å². The van der Waals surface area contributed by atoms with Crippen molar-refractivity contribution in [1.29, 1.82) is 0 Å². The van der Waals surface area contributed by atoms with Crippen LogP contribution in [0.4, 0.5) is 0 Å². The van der Waals surface area contributed by atoms with Gasteiger partial charge in [0.15, 0.2) is 0 Å². The number of para-hydroxylation sites is 1. The Balaban J connectivity index is 1.41. The Kier molecular flexibility index (Phi) is 6.30. The van der Waals surface area contributed by atoms with Crippen LogP contribution in [0.25, 0.3) is 17.1 Å². The highest BCUT2D eigenvalue weighted by atomic mass is 16.5. The zero-order valence-electron chi connectivity index (χ0n) is 14.7. The van der Waals surface area contributed by atoms with Crippen LogP contribution >= 0.6 is 0 Å². The van der Waals surface area contributed by atoms with Crippen molar-refractivity contribution in [2.75, 3.05) is 13.2 Å². The molecule has 0 aliphatic heterocycles. The maximum absolute atomic E-state index is 12.3. The van der Waals surface area contributed by atoms with E-state index >= 15 is 0 Å². The Morgan fingerprint density at radius 3 is 2.93 bits per heavy atom. The minimum Gasteiger partial charge on any atom is -0.492 e. The predicted octanol–water partition coefficient (Wildman–Crippen LogP) is 2.24. The van der Waals surface area contributed by atoms with Crippen LogP contribution in [-0.4, -0.2) is 33.6 Å². The molecule has 0 unspecified atom stereocenters. The Bertz CT molecular complexity index is 983. The maximum Gasteiger partial charge on any atom is 0.265 e. The van der Waals surface area contributed by atoms with Gasteiger partial charge in [-0.15, -0.1) is 0 Å². The molecule has 7 nitrogen and oxygen atoms in total. The lowest BCUT2D eigenvalue weighted by molar-refractivity contribution is -0.116. The SMILES string of the molecule is O=C(/C=C/n1cnc2ccccc2c1=O)NCCCCOc1cccnc1. The summed E-state index contributed by atoms with van der Waals surface area (Å²) in [5.41, 5.74) is 0.419. The van der Waals surface area contributed by atoms with Crippen molar-refractivity contribution in [3.63, 3.8) is 0 Å². The molecule has 1 N–H and O–H groups in total. The fourth-order valence-electron chi connectivity index (χ4n) is 2.46. The van der Waals surface area contributed by atoms with E-state index in [2.05, 4.69) is 15.3 Å². The van der Waals surface area contributed by atoms with Gasteiger partial charge in [-0.05, 0) is 37.1 Å². The zero-order chi connectivity index (χ0) is 18.9. The van der Waals surface area contributed by atoms with Crippen LogP contribution in [0.5, 0.6) is 5.75 Å². The van der Waals surface area contributed by atoms with Crippen molar-refractivity contribution < 1.29 is 9.53 Å². The predicted molar refractivity (Wildman–Crippen MR) is 103 cm³/mol. The molecule has 3 rings (SSSR count). The molecule has 3 aromatic rings. The molecule has 0 bridgehead atoms. The van der Waals surface area contributed by atoms with E-state index < -0.39 is 0 Å². The first-order valence-electron chi connectivity index (χ1n) is 8.69. The maximum atomic E-state index is 12.3. The first kappa shape index (κ1) is 18.3. The summed E-state index contributed by atoms with van der Waals surface area (Å²) in [6.07, 6.45) is 9.11. The summed E-state index contributed by atoms with van der Waals surface area (Å²) in [4.78, 5) is 32.4. The Labute approximate surface area is 156 Å². The molecule has 0 saturated carbocycles. The number of ether oxygens (including phenoxy) is 1. The number of hydrogen-bond donors (Lipinski definition) is 1. The van der Waals surface area contributed by atoms with Crippen molar-refractivity contribution in [2.45, 2.75) is 12.8 Å². The van der Waals surface area contributed by atoms with E-state index in [0.29, 0.717) is 24.1 Å². The first-order chi connectivity index (χ1) is 13.2. The molecule has 1 aromatic carbocycles. The average molecular weight is 364 g/mol. The molecule has 138 valence electrons. The number of unbranched alkanes of at least 4 members (excludes halogenated alkanes) is 1. The summed E-state index contributed by atoms with van der Waals surface area (Å²) in [6, 6.07) is 10.8. The number of nitrogens with zero attached hydrogens (tertiary/aromatic N) is 3. The second kappa shape index (κ2) is 9.28. The highest BCUT2D eigenvalue weighted by molar-refractivity contribution is 5.90. The molecule has 1 amide bonds. The lowest BCUT2D eigenvalue weighted by Gasteiger charge is -2.05. The van der Waals surface area contributed by atoms with Crippen molar-refractivity contribution in [3.05, 3.63) is 71.5 Å². The van der Waals surface area contributed by atoms with Crippen LogP contribution in [0.15, 0.2) is 66.0 Å². The Morgan fingerprint density at radius 2 is 2.07 bits per heavy atom. The summed E-state index contributed by atoms with van der Waals surface area (Å²) < 4.78 is 6.83. The van der Waals surface area contributed by atoms with E-state index in [1.165, 1.54) is 23.2 Å². The van der Waals surface area contributed by atoms with Gasteiger partial charge in [-0.1, -0.05) is 12.1 Å². The van der Waals surface area contributed by atoms with Gasteiger partial charge in [0, 0.05) is 25.0 Å². The molecule has 0 spiro atoms. The van der Waals surface area contributed by atoms with Gasteiger partial charge < -0.3 is 10.1 Å². The van der Waals surface area contributed by atoms with Crippen LogP contribution in [-0.2, 0) is 4.79 Å². The van der Waals surface area contributed by atoms with Gasteiger partial charge in [0.25, 0.3) is 5.56 Å². The number of carbonyl (C=O) groups is 1. The van der Waals surface area contributed by atoms with Crippen molar-refractivity contribution in [2.24, 2.45) is 0 Å². The molecule has 27 heavy (non-hydrogen) atoms. The third-order valence-electron chi connectivity index (χ3n) is 3.85. The van der Waals surface area contributed by atoms with Crippen LogP contribution in [0, 0.1) is 0 Å². The summed E-state index contributed by atoms with van der Waals surface area (Å²) in [7, 11) is 0. The van der Waals surface area contributed by atoms with E-state index in [0.717, 1.165) is 18.6 Å². The largest absolute Gasteiger partial charge is 0.492 e. The number of amides is 1. The summed E-state index contributed by atoms with van der Waals surface area (Å²) in [5.74, 6) is 0.474. The summed E-state index contributed by atoms with van der Waals surface area (Å²) in [5, 5.41) is 3.29. The second-order valence-corrected chi connectivity index (χ2v) is 5.83. The number of hydrogen-bond acceptors (Lipinski definition) is 5. The van der Waals surface area contributed by atoms with Crippen molar-refractivity contribution in [3.8, 4) is 5.75 Å². The standard InChI is InChI=1S/C20H20N4O3/c25-19(22-11-3-4-13-27-16-6-5-10-21-14-16)9-12-24-15-23-18-8-2-1-7-17(18)20(24)26/h1-2,5-10,12,14-15H,3-4,11,13H2,(H,22,25)/b12-9+. The molecule has 0 aliphatic carbocycles. The number of aromatic nitrogens is 3. The molecule has 2 aromatic heterocycles. The number of carbonyl (C=O) groups excluding carboxylic acids is 1. The molecule has 2 heterocycles. The first-order valence-corrected chi connectivity index (χ1v) is 8.69. The summed E-state index contributed by atoms with van der Waals surface area (Å²) >= 11 is 0. The molecule has 0 saturated heterocycles. The van der Waals surface area contributed by atoms with Crippen LogP contribution in [0.2, 0.25) is 0 Å². The number of nitrogens with one attached hydrogen (secondary N) is 1. The Hall–Kier alpha value is -3.48.